The van der Waals surface area contributed by atoms with Crippen molar-refractivity contribution in [2.75, 3.05) is 6.54 Å². The van der Waals surface area contributed by atoms with E-state index in [-0.39, 0.29) is 6.04 Å². The summed E-state index contributed by atoms with van der Waals surface area (Å²) in [5, 5.41) is 17.2. The molecule has 2 aromatic rings. The Morgan fingerprint density at radius 2 is 2.41 bits per heavy atom. The van der Waals surface area contributed by atoms with Crippen molar-refractivity contribution in [3.8, 4) is 0 Å². The molecule has 0 aliphatic heterocycles. The van der Waals surface area contributed by atoms with Crippen LogP contribution in [0.25, 0.3) is 0 Å². The number of halogens is 1. The van der Waals surface area contributed by atoms with Gasteiger partial charge in [-0.15, -0.1) is 16.4 Å². The van der Waals surface area contributed by atoms with Crippen molar-refractivity contribution in [3.63, 3.8) is 0 Å². The van der Waals surface area contributed by atoms with Crippen LogP contribution in [-0.4, -0.2) is 26.8 Å². The Kier molecular flexibility index (Phi) is 4.25. The van der Waals surface area contributed by atoms with Gasteiger partial charge in [0.2, 0.25) is 0 Å². The van der Waals surface area contributed by atoms with Crippen molar-refractivity contribution in [1.29, 1.82) is 0 Å². The zero-order valence-electron chi connectivity index (χ0n) is 9.72. The quantitative estimate of drug-likeness (QED) is 0.919. The van der Waals surface area contributed by atoms with Crippen molar-refractivity contribution in [3.05, 3.63) is 26.6 Å². The number of nitrogens with one attached hydrogen (secondary N) is 1. The predicted molar refractivity (Wildman–Crippen MR) is 71.0 cm³/mol. The Hall–Kier alpha value is -0.790. The van der Waals surface area contributed by atoms with Gasteiger partial charge in [0.05, 0.1) is 12.6 Å². The van der Waals surface area contributed by atoms with Crippen molar-refractivity contribution in [2.24, 2.45) is 0 Å². The zero-order chi connectivity index (χ0) is 12.3. The topological polar surface area (TPSA) is 55.6 Å². The zero-order valence-corrected chi connectivity index (χ0v) is 12.1. The lowest BCUT2D eigenvalue weighted by molar-refractivity contribution is 0.518. The number of tetrazole rings is 1. The maximum Gasteiger partial charge on any atom is 0.168 e. The highest BCUT2D eigenvalue weighted by molar-refractivity contribution is 9.10. The van der Waals surface area contributed by atoms with Gasteiger partial charge in [0.1, 0.15) is 0 Å². The molecule has 0 bridgehead atoms. The molecule has 5 nitrogen and oxygen atoms in total. The van der Waals surface area contributed by atoms with E-state index in [1.165, 1.54) is 4.88 Å². The fourth-order valence-corrected chi connectivity index (χ4v) is 3.06. The van der Waals surface area contributed by atoms with Gasteiger partial charge in [0, 0.05) is 9.35 Å². The van der Waals surface area contributed by atoms with Gasteiger partial charge in [0.15, 0.2) is 5.82 Å². The van der Waals surface area contributed by atoms with Crippen LogP contribution >= 0.6 is 27.3 Å². The van der Waals surface area contributed by atoms with Gasteiger partial charge in [-0.05, 0) is 51.3 Å². The first-order valence-corrected chi connectivity index (χ1v) is 7.11. The molecule has 1 N–H and O–H groups in total. The highest BCUT2D eigenvalue weighted by atomic mass is 79.9. The van der Waals surface area contributed by atoms with E-state index in [0.29, 0.717) is 6.54 Å². The molecule has 92 valence electrons. The van der Waals surface area contributed by atoms with Crippen molar-refractivity contribution in [2.45, 2.75) is 26.4 Å². The van der Waals surface area contributed by atoms with Crippen molar-refractivity contribution >= 4 is 27.3 Å². The van der Waals surface area contributed by atoms with E-state index in [1.54, 1.807) is 11.3 Å². The minimum atomic E-state index is 0.161. The maximum atomic E-state index is 4.07. The minimum absolute atomic E-state index is 0.161. The SMILES string of the molecule is CCNC(C)c1nnnn1Cc1sccc1Br. The molecule has 2 aromatic heterocycles. The summed E-state index contributed by atoms with van der Waals surface area (Å²) in [7, 11) is 0. The summed E-state index contributed by atoms with van der Waals surface area (Å²) in [5.74, 6) is 0.868. The van der Waals surface area contributed by atoms with Gasteiger partial charge < -0.3 is 5.32 Å². The summed E-state index contributed by atoms with van der Waals surface area (Å²) in [6.45, 7) is 5.74. The molecular formula is C10H14BrN5S. The minimum Gasteiger partial charge on any atom is -0.308 e. The molecule has 0 saturated carbocycles. The highest BCUT2D eigenvalue weighted by Crippen LogP contribution is 2.24. The number of aromatic nitrogens is 4. The van der Waals surface area contributed by atoms with E-state index in [4.69, 9.17) is 0 Å². The Morgan fingerprint density at radius 1 is 1.59 bits per heavy atom. The maximum absolute atomic E-state index is 4.07. The van der Waals surface area contributed by atoms with Crippen molar-refractivity contribution < 1.29 is 0 Å². The Bertz CT molecular complexity index is 481. The molecule has 7 heteroatoms. The summed E-state index contributed by atoms with van der Waals surface area (Å²) in [6, 6.07) is 2.20. The summed E-state index contributed by atoms with van der Waals surface area (Å²) in [4.78, 5) is 1.22. The molecule has 0 amide bonds. The van der Waals surface area contributed by atoms with E-state index in [9.17, 15) is 0 Å². The second-order valence-electron chi connectivity index (χ2n) is 3.67. The van der Waals surface area contributed by atoms with Crippen LogP contribution < -0.4 is 5.32 Å². The molecule has 1 atom stereocenters. The third kappa shape index (κ3) is 2.91. The van der Waals surface area contributed by atoms with E-state index in [2.05, 4.69) is 56.0 Å². The fraction of sp³-hybridized carbons (Fsp3) is 0.500. The van der Waals surface area contributed by atoms with Gasteiger partial charge in [0.25, 0.3) is 0 Å². The first-order valence-electron chi connectivity index (χ1n) is 5.43. The molecule has 0 aromatic carbocycles. The number of hydrogen-bond acceptors (Lipinski definition) is 5. The van der Waals surface area contributed by atoms with Gasteiger partial charge >= 0.3 is 0 Å². The fourth-order valence-electron chi connectivity index (χ4n) is 1.61. The van der Waals surface area contributed by atoms with Crippen LogP contribution in [0, 0.1) is 0 Å². The Balaban J connectivity index is 2.17. The molecule has 0 spiro atoms. The lowest BCUT2D eigenvalue weighted by atomic mass is 10.3. The van der Waals surface area contributed by atoms with Gasteiger partial charge in [-0.2, -0.15) is 0 Å². The number of nitrogens with zero attached hydrogens (tertiary/aromatic N) is 4. The number of rotatable bonds is 5. The molecule has 17 heavy (non-hydrogen) atoms. The van der Waals surface area contributed by atoms with E-state index < -0.39 is 0 Å². The van der Waals surface area contributed by atoms with Crippen LogP contribution in [0.5, 0.6) is 0 Å². The van der Waals surface area contributed by atoms with Crippen LogP contribution in [0.2, 0.25) is 0 Å². The molecule has 0 aliphatic rings. The Morgan fingerprint density at radius 3 is 3.06 bits per heavy atom. The third-order valence-corrected chi connectivity index (χ3v) is 4.35. The van der Waals surface area contributed by atoms with Gasteiger partial charge in [-0.3, -0.25) is 0 Å². The average Bonchev–Trinajstić information content (AvgIpc) is 2.90. The standard InChI is InChI=1S/C10H14BrN5S/c1-3-12-7(2)10-13-14-15-16(10)6-9-8(11)4-5-17-9/h4-5,7,12H,3,6H2,1-2H3. The van der Waals surface area contributed by atoms with Crippen LogP contribution in [0.1, 0.15) is 30.6 Å². The van der Waals surface area contributed by atoms with E-state index >= 15 is 0 Å². The smallest absolute Gasteiger partial charge is 0.168 e. The number of hydrogen-bond donors (Lipinski definition) is 1. The van der Waals surface area contributed by atoms with E-state index in [1.807, 2.05) is 10.7 Å². The highest BCUT2D eigenvalue weighted by Gasteiger charge is 2.14. The van der Waals surface area contributed by atoms with E-state index in [0.717, 1.165) is 16.8 Å². The molecular weight excluding hydrogens is 302 g/mol. The average molecular weight is 316 g/mol. The van der Waals surface area contributed by atoms with Crippen LogP contribution in [0.15, 0.2) is 15.9 Å². The molecule has 0 saturated heterocycles. The molecule has 0 fully saturated rings. The second kappa shape index (κ2) is 5.70. The van der Waals surface area contributed by atoms with Crippen LogP contribution in [0.3, 0.4) is 0 Å². The monoisotopic (exact) mass is 315 g/mol. The molecule has 2 rings (SSSR count). The summed E-state index contributed by atoms with van der Waals surface area (Å²) >= 11 is 5.22. The second-order valence-corrected chi connectivity index (χ2v) is 5.52. The summed E-state index contributed by atoms with van der Waals surface area (Å²) in [5.41, 5.74) is 0. The van der Waals surface area contributed by atoms with Crippen molar-refractivity contribution in [1.82, 2.24) is 25.5 Å². The number of thiophene rings is 1. The first-order chi connectivity index (χ1) is 8.22. The summed E-state index contributed by atoms with van der Waals surface area (Å²) < 4.78 is 2.95. The largest absolute Gasteiger partial charge is 0.308 e. The Labute approximate surface area is 112 Å². The van der Waals surface area contributed by atoms with Gasteiger partial charge in [-0.25, -0.2) is 4.68 Å². The lowest BCUT2D eigenvalue weighted by Crippen LogP contribution is -2.22. The normalized spacial score (nSPS) is 12.9. The third-order valence-electron chi connectivity index (χ3n) is 2.44. The van der Waals surface area contributed by atoms with Crippen LogP contribution in [-0.2, 0) is 6.54 Å². The molecule has 2 heterocycles. The van der Waals surface area contributed by atoms with Crippen LogP contribution in [0.4, 0.5) is 0 Å². The summed E-state index contributed by atoms with van der Waals surface area (Å²) in [6.07, 6.45) is 0. The molecule has 1 unspecified atom stereocenters. The van der Waals surface area contributed by atoms with Gasteiger partial charge in [-0.1, -0.05) is 6.92 Å². The lowest BCUT2D eigenvalue weighted by Gasteiger charge is -2.11. The first kappa shape index (κ1) is 12.7. The molecule has 0 aliphatic carbocycles. The molecule has 0 radical (unpaired) electrons. The predicted octanol–water partition coefficient (Wildman–Crippen LogP) is 2.22.